The molecule has 0 aromatic heterocycles. The number of nitrogens with one attached hydrogen (secondary N) is 1. The Morgan fingerprint density at radius 2 is 2.04 bits per heavy atom. The molecule has 2 aromatic rings. The molecule has 1 aliphatic rings. The number of benzene rings is 2. The van der Waals surface area contributed by atoms with Crippen molar-refractivity contribution in [2.45, 2.75) is 25.9 Å². The Balaban J connectivity index is 1.90. The Hall–Kier alpha value is -2.87. The average Bonchev–Trinajstić information content (AvgIpc) is 2.75. The van der Waals surface area contributed by atoms with Gasteiger partial charge < -0.3 is 10.2 Å². The Kier molecular flexibility index (Phi) is 4.48. The topological polar surface area (TPSA) is 56.1 Å². The molecule has 24 heavy (non-hydrogen) atoms. The van der Waals surface area contributed by atoms with E-state index in [1.165, 1.54) is 19.1 Å². The van der Waals surface area contributed by atoms with Crippen LogP contribution in [0.2, 0.25) is 0 Å². The molecule has 0 radical (unpaired) electrons. The molecule has 122 valence electrons. The summed E-state index contributed by atoms with van der Waals surface area (Å²) >= 11 is 0. The van der Waals surface area contributed by atoms with Gasteiger partial charge in [-0.3, -0.25) is 4.79 Å². The summed E-state index contributed by atoms with van der Waals surface area (Å²) in [5, 5.41) is 12.3. The van der Waals surface area contributed by atoms with Gasteiger partial charge in [-0.2, -0.15) is 5.26 Å². The lowest BCUT2D eigenvalue weighted by molar-refractivity contribution is -0.129. The summed E-state index contributed by atoms with van der Waals surface area (Å²) < 4.78 is 13.6. The number of hydrogen-bond donors (Lipinski definition) is 1. The molecule has 1 aliphatic heterocycles. The van der Waals surface area contributed by atoms with Gasteiger partial charge in [-0.05, 0) is 53.9 Å². The summed E-state index contributed by atoms with van der Waals surface area (Å²) in [6.07, 6.45) is 0.734. The smallest absolute Gasteiger partial charge is 0.219 e. The van der Waals surface area contributed by atoms with E-state index in [9.17, 15) is 9.18 Å². The number of fused-ring (bicyclic) bond motifs is 1. The van der Waals surface area contributed by atoms with Crippen LogP contribution in [0.1, 0.15) is 36.1 Å². The molecule has 2 aromatic carbocycles. The van der Waals surface area contributed by atoms with Gasteiger partial charge in [0, 0.05) is 25.7 Å². The van der Waals surface area contributed by atoms with Crippen molar-refractivity contribution < 1.29 is 9.18 Å². The second kappa shape index (κ2) is 6.71. The molecule has 1 atom stereocenters. The highest BCUT2D eigenvalue weighted by atomic mass is 19.1. The van der Waals surface area contributed by atoms with E-state index in [0.717, 1.165) is 23.2 Å². The van der Waals surface area contributed by atoms with Gasteiger partial charge in [0.15, 0.2) is 0 Å². The van der Waals surface area contributed by atoms with Crippen molar-refractivity contribution in [2.75, 3.05) is 11.9 Å². The van der Waals surface area contributed by atoms with E-state index in [0.29, 0.717) is 18.7 Å². The number of hydrogen-bond acceptors (Lipinski definition) is 3. The van der Waals surface area contributed by atoms with E-state index >= 15 is 0 Å². The fourth-order valence-corrected chi connectivity index (χ4v) is 3.04. The maximum absolute atomic E-state index is 13.6. The first kappa shape index (κ1) is 16.0. The first-order valence-electron chi connectivity index (χ1n) is 7.87. The van der Waals surface area contributed by atoms with Gasteiger partial charge in [0.2, 0.25) is 5.91 Å². The van der Waals surface area contributed by atoms with Gasteiger partial charge in [-0.15, -0.1) is 0 Å². The van der Waals surface area contributed by atoms with Crippen molar-refractivity contribution in [1.29, 1.82) is 5.26 Å². The third-order valence-electron chi connectivity index (χ3n) is 4.33. The van der Waals surface area contributed by atoms with Crippen LogP contribution >= 0.6 is 0 Å². The Morgan fingerprint density at radius 3 is 2.71 bits per heavy atom. The molecule has 1 unspecified atom stereocenters. The zero-order valence-electron chi connectivity index (χ0n) is 13.4. The fourth-order valence-electron chi connectivity index (χ4n) is 3.04. The average molecular weight is 323 g/mol. The first-order chi connectivity index (χ1) is 11.6. The molecule has 1 amide bonds. The summed E-state index contributed by atoms with van der Waals surface area (Å²) in [5.74, 6) is -0.305. The number of amides is 1. The maximum Gasteiger partial charge on any atom is 0.219 e. The van der Waals surface area contributed by atoms with Crippen LogP contribution in [0, 0.1) is 17.1 Å². The van der Waals surface area contributed by atoms with E-state index in [-0.39, 0.29) is 17.8 Å². The van der Waals surface area contributed by atoms with E-state index in [1.54, 1.807) is 23.1 Å². The summed E-state index contributed by atoms with van der Waals surface area (Å²) in [6, 6.07) is 14.0. The highest BCUT2D eigenvalue weighted by Crippen LogP contribution is 2.30. The van der Waals surface area contributed by atoms with Crippen LogP contribution < -0.4 is 5.32 Å². The van der Waals surface area contributed by atoms with Crippen LogP contribution in [0.4, 0.5) is 10.1 Å². The summed E-state index contributed by atoms with van der Waals surface area (Å²) in [5.41, 5.74) is 3.33. The van der Waals surface area contributed by atoms with Crippen molar-refractivity contribution in [3.05, 3.63) is 65.0 Å². The maximum atomic E-state index is 13.6. The minimum Gasteiger partial charge on any atom is -0.378 e. The molecule has 0 fully saturated rings. The van der Waals surface area contributed by atoms with Crippen LogP contribution in [0.3, 0.4) is 0 Å². The normalized spacial score (nSPS) is 16.7. The van der Waals surface area contributed by atoms with E-state index in [2.05, 4.69) is 11.4 Å². The zero-order chi connectivity index (χ0) is 17.1. The molecule has 4 nitrogen and oxygen atoms in total. The second-order valence-corrected chi connectivity index (χ2v) is 5.96. The number of carbonyl (C=O) groups excluding carboxylic acids is 1. The molecule has 0 saturated heterocycles. The zero-order valence-corrected chi connectivity index (χ0v) is 13.4. The van der Waals surface area contributed by atoms with Crippen LogP contribution in [-0.4, -0.2) is 17.4 Å². The Morgan fingerprint density at radius 1 is 1.29 bits per heavy atom. The molecular weight excluding hydrogens is 305 g/mol. The number of rotatable bonds is 2. The molecule has 0 aliphatic carbocycles. The molecule has 0 saturated carbocycles. The molecule has 0 bridgehead atoms. The SMILES string of the molecule is CC(=O)N1CCC(Nc2ccc(C#N)cc2)c2ccc(F)cc2C1. The highest BCUT2D eigenvalue weighted by molar-refractivity contribution is 5.73. The minimum atomic E-state index is -0.295. The number of halogens is 1. The van der Waals surface area contributed by atoms with Gasteiger partial charge in [0.1, 0.15) is 5.82 Å². The van der Waals surface area contributed by atoms with Crippen molar-refractivity contribution >= 4 is 11.6 Å². The van der Waals surface area contributed by atoms with Crippen molar-refractivity contribution in [1.82, 2.24) is 4.90 Å². The lowest BCUT2D eigenvalue weighted by Gasteiger charge is -2.20. The van der Waals surface area contributed by atoms with E-state index in [1.807, 2.05) is 12.1 Å². The molecule has 5 heteroatoms. The van der Waals surface area contributed by atoms with Crippen LogP contribution in [0.15, 0.2) is 42.5 Å². The van der Waals surface area contributed by atoms with Crippen molar-refractivity contribution in [3.63, 3.8) is 0 Å². The van der Waals surface area contributed by atoms with Crippen LogP contribution in [0.5, 0.6) is 0 Å². The van der Waals surface area contributed by atoms with Crippen LogP contribution in [0.25, 0.3) is 0 Å². The van der Waals surface area contributed by atoms with Gasteiger partial charge >= 0.3 is 0 Å². The molecular formula is C19H18FN3O. The lowest BCUT2D eigenvalue weighted by Crippen LogP contribution is -2.28. The quantitative estimate of drug-likeness (QED) is 0.918. The molecule has 1 N–H and O–H groups in total. The Bertz CT molecular complexity index is 795. The van der Waals surface area contributed by atoms with Gasteiger partial charge in [-0.25, -0.2) is 4.39 Å². The number of carbonyl (C=O) groups is 1. The van der Waals surface area contributed by atoms with E-state index in [4.69, 9.17) is 5.26 Å². The number of nitriles is 1. The van der Waals surface area contributed by atoms with Crippen molar-refractivity contribution in [3.8, 4) is 6.07 Å². The summed E-state index contributed by atoms with van der Waals surface area (Å²) in [7, 11) is 0. The fraction of sp³-hybridized carbons (Fsp3) is 0.263. The predicted molar refractivity (Wildman–Crippen MR) is 89.6 cm³/mol. The minimum absolute atomic E-state index is 0.00997. The number of nitrogens with zero attached hydrogens (tertiary/aromatic N) is 2. The third-order valence-corrected chi connectivity index (χ3v) is 4.33. The monoisotopic (exact) mass is 323 g/mol. The largest absolute Gasteiger partial charge is 0.378 e. The van der Waals surface area contributed by atoms with Gasteiger partial charge in [0.05, 0.1) is 17.7 Å². The van der Waals surface area contributed by atoms with E-state index < -0.39 is 0 Å². The molecule has 1 heterocycles. The standard InChI is InChI=1S/C19H18FN3O/c1-13(24)23-9-8-19(18-7-4-16(20)10-15(18)12-23)22-17-5-2-14(11-21)3-6-17/h2-7,10,19,22H,8-9,12H2,1H3. The van der Waals surface area contributed by atoms with Gasteiger partial charge in [0.25, 0.3) is 0 Å². The lowest BCUT2D eigenvalue weighted by atomic mass is 9.98. The third kappa shape index (κ3) is 3.38. The van der Waals surface area contributed by atoms with Crippen LogP contribution in [-0.2, 0) is 11.3 Å². The van der Waals surface area contributed by atoms with Crippen molar-refractivity contribution in [2.24, 2.45) is 0 Å². The first-order valence-corrected chi connectivity index (χ1v) is 7.87. The predicted octanol–water partition coefficient (Wildman–Crippen LogP) is 3.60. The number of anilines is 1. The summed E-state index contributed by atoms with van der Waals surface area (Å²) in [6.45, 7) is 2.57. The molecule has 0 spiro atoms. The second-order valence-electron chi connectivity index (χ2n) is 5.96. The Labute approximate surface area is 140 Å². The molecule has 3 rings (SSSR count). The highest BCUT2D eigenvalue weighted by Gasteiger charge is 2.24. The summed E-state index contributed by atoms with van der Waals surface area (Å²) in [4.78, 5) is 13.5. The van der Waals surface area contributed by atoms with Gasteiger partial charge in [-0.1, -0.05) is 6.07 Å².